The molecular formula is C20H24N2O4. The molecule has 1 fully saturated rings. The van der Waals surface area contributed by atoms with Gasteiger partial charge in [0, 0.05) is 17.7 Å². The zero-order valence-corrected chi connectivity index (χ0v) is 15.4. The molecule has 6 heteroatoms. The molecule has 2 aliphatic rings. The molecule has 2 heterocycles. The lowest BCUT2D eigenvalue weighted by Crippen LogP contribution is -2.43. The number of nitrogens with zero attached hydrogens (tertiary/aromatic N) is 1. The van der Waals surface area contributed by atoms with E-state index >= 15 is 0 Å². The molecule has 26 heavy (non-hydrogen) atoms. The van der Waals surface area contributed by atoms with E-state index in [-0.39, 0.29) is 24.2 Å². The topological polar surface area (TPSA) is 73.6 Å². The first kappa shape index (κ1) is 16.9. The fourth-order valence-electron chi connectivity index (χ4n) is 4.28. The van der Waals surface area contributed by atoms with Crippen molar-refractivity contribution in [1.29, 1.82) is 0 Å². The molecule has 6 nitrogen and oxygen atoms in total. The van der Waals surface area contributed by atoms with E-state index in [9.17, 15) is 4.79 Å². The van der Waals surface area contributed by atoms with Gasteiger partial charge >= 0.3 is 0 Å². The van der Waals surface area contributed by atoms with E-state index < -0.39 is 0 Å². The maximum Gasteiger partial charge on any atom is 0.273 e. The van der Waals surface area contributed by atoms with Crippen molar-refractivity contribution < 1.29 is 18.8 Å². The van der Waals surface area contributed by atoms with Crippen molar-refractivity contribution >= 4 is 5.91 Å². The van der Waals surface area contributed by atoms with E-state index in [2.05, 4.69) is 31.2 Å². The minimum atomic E-state index is -0.185. The number of rotatable bonds is 3. The summed E-state index contributed by atoms with van der Waals surface area (Å²) in [6, 6.07) is 7.36. The Morgan fingerprint density at radius 2 is 2.00 bits per heavy atom. The van der Waals surface area contributed by atoms with Gasteiger partial charge in [-0.15, -0.1) is 0 Å². The number of fused-ring (bicyclic) bond motifs is 1. The van der Waals surface area contributed by atoms with Crippen molar-refractivity contribution in [3.63, 3.8) is 0 Å². The highest BCUT2D eigenvalue weighted by Gasteiger charge is 2.33. The molecule has 2 aromatic rings. The van der Waals surface area contributed by atoms with E-state index in [0.29, 0.717) is 28.9 Å². The van der Waals surface area contributed by atoms with Gasteiger partial charge in [-0.25, -0.2) is 0 Å². The minimum Gasteiger partial charge on any atom is -0.454 e. The summed E-state index contributed by atoms with van der Waals surface area (Å²) < 4.78 is 16.1. The number of aromatic nitrogens is 1. The third kappa shape index (κ3) is 3.41. The predicted molar refractivity (Wildman–Crippen MR) is 96.1 cm³/mol. The first-order chi connectivity index (χ1) is 12.4. The van der Waals surface area contributed by atoms with Crippen LogP contribution in [0.1, 0.15) is 50.5 Å². The standard InChI is InChI=1S/C20H24N2O4/c1-12-6-14(10-20(2,3)9-12)21-19(23)15-8-17(26-22-15)13-4-5-16-18(7-13)25-11-24-16/h4-5,7-8,12,14H,6,9-11H2,1-3H3,(H,21,23)/t12-,14-/m0/s1. The van der Waals surface area contributed by atoms with Crippen LogP contribution >= 0.6 is 0 Å². The van der Waals surface area contributed by atoms with Crippen molar-refractivity contribution in [3.05, 3.63) is 30.0 Å². The molecule has 0 saturated heterocycles. The normalized spacial score (nSPS) is 23.7. The first-order valence-electron chi connectivity index (χ1n) is 9.07. The lowest BCUT2D eigenvalue weighted by atomic mass is 9.70. The molecule has 1 N–H and O–H groups in total. The van der Waals surface area contributed by atoms with Gasteiger partial charge in [0.05, 0.1) is 0 Å². The average molecular weight is 356 g/mol. The first-order valence-corrected chi connectivity index (χ1v) is 9.07. The number of benzene rings is 1. The Bertz CT molecular complexity index is 827. The van der Waals surface area contributed by atoms with Crippen molar-refractivity contribution in [2.45, 2.75) is 46.1 Å². The van der Waals surface area contributed by atoms with E-state index in [0.717, 1.165) is 18.4 Å². The van der Waals surface area contributed by atoms with Gasteiger partial charge in [-0.05, 0) is 48.8 Å². The van der Waals surface area contributed by atoms with Gasteiger partial charge in [0.2, 0.25) is 6.79 Å². The van der Waals surface area contributed by atoms with Gasteiger partial charge in [-0.2, -0.15) is 0 Å². The molecule has 1 aliphatic carbocycles. The summed E-state index contributed by atoms with van der Waals surface area (Å²) in [6.07, 6.45) is 3.18. The zero-order valence-electron chi connectivity index (χ0n) is 15.4. The van der Waals surface area contributed by atoms with Crippen LogP contribution in [-0.2, 0) is 0 Å². The van der Waals surface area contributed by atoms with Crippen LogP contribution in [0.15, 0.2) is 28.8 Å². The van der Waals surface area contributed by atoms with E-state index in [4.69, 9.17) is 14.0 Å². The largest absolute Gasteiger partial charge is 0.454 e. The van der Waals surface area contributed by atoms with Crippen LogP contribution in [0.25, 0.3) is 11.3 Å². The molecule has 1 aliphatic heterocycles. The van der Waals surface area contributed by atoms with E-state index in [1.54, 1.807) is 6.07 Å². The fourth-order valence-corrected chi connectivity index (χ4v) is 4.28. The van der Waals surface area contributed by atoms with Gasteiger partial charge in [0.25, 0.3) is 5.91 Å². The van der Waals surface area contributed by atoms with Crippen LogP contribution in [0.3, 0.4) is 0 Å². The SMILES string of the molecule is C[C@H]1C[C@H](NC(=O)c2cc(-c3ccc4c(c3)OCO4)on2)CC(C)(C)C1. The summed E-state index contributed by atoms with van der Waals surface area (Å²) in [5, 5.41) is 7.07. The Labute approximate surface area is 152 Å². The summed E-state index contributed by atoms with van der Waals surface area (Å²) in [5.41, 5.74) is 1.35. The average Bonchev–Trinajstić information content (AvgIpc) is 3.21. The maximum atomic E-state index is 12.6. The fraction of sp³-hybridized carbons (Fsp3) is 0.500. The summed E-state index contributed by atoms with van der Waals surface area (Å²) in [5.74, 6) is 2.33. The Morgan fingerprint density at radius 1 is 1.19 bits per heavy atom. The summed E-state index contributed by atoms with van der Waals surface area (Å²) >= 11 is 0. The summed E-state index contributed by atoms with van der Waals surface area (Å²) in [6.45, 7) is 6.98. The van der Waals surface area contributed by atoms with Crippen LogP contribution in [0.2, 0.25) is 0 Å². The number of nitrogens with one attached hydrogen (secondary N) is 1. The highest BCUT2D eigenvalue weighted by Crippen LogP contribution is 2.39. The predicted octanol–water partition coefficient (Wildman–Crippen LogP) is 4.01. The molecule has 2 atom stereocenters. The molecule has 0 unspecified atom stereocenters. The second-order valence-electron chi connectivity index (χ2n) is 8.23. The zero-order chi connectivity index (χ0) is 18.3. The summed E-state index contributed by atoms with van der Waals surface area (Å²) in [7, 11) is 0. The number of ether oxygens (including phenoxy) is 2. The lowest BCUT2D eigenvalue weighted by Gasteiger charge is -2.39. The van der Waals surface area contributed by atoms with E-state index in [1.165, 1.54) is 6.42 Å². The molecule has 0 spiro atoms. The quantitative estimate of drug-likeness (QED) is 0.899. The molecule has 0 radical (unpaired) electrons. The number of carbonyl (C=O) groups is 1. The van der Waals surface area contributed by atoms with Crippen molar-refractivity contribution in [2.75, 3.05) is 6.79 Å². The van der Waals surface area contributed by atoms with Crippen LogP contribution in [0.5, 0.6) is 11.5 Å². The summed E-state index contributed by atoms with van der Waals surface area (Å²) in [4.78, 5) is 12.6. The molecular weight excluding hydrogens is 332 g/mol. The monoisotopic (exact) mass is 356 g/mol. The van der Waals surface area contributed by atoms with Crippen LogP contribution in [0.4, 0.5) is 0 Å². The Morgan fingerprint density at radius 3 is 2.81 bits per heavy atom. The Hall–Kier alpha value is -2.50. The molecule has 138 valence electrons. The third-order valence-electron chi connectivity index (χ3n) is 5.12. The van der Waals surface area contributed by atoms with E-state index in [1.807, 2.05) is 18.2 Å². The molecule has 1 aromatic carbocycles. The third-order valence-corrected chi connectivity index (χ3v) is 5.12. The van der Waals surface area contributed by atoms with Crippen LogP contribution < -0.4 is 14.8 Å². The van der Waals surface area contributed by atoms with Gasteiger partial charge in [0.15, 0.2) is 23.0 Å². The van der Waals surface area contributed by atoms with Crippen molar-refractivity contribution in [1.82, 2.24) is 10.5 Å². The number of hydrogen-bond donors (Lipinski definition) is 1. The van der Waals surface area contributed by atoms with Gasteiger partial charge < -0.3 is 19.3 Å². The molecule has 1 amide bonds. The molecule has 1 saturated carbocycles. The van der Waals surface area contributed by atoms with Gasteiger partial charge in [-0.1, -0.05) is 25.9 Å². The maximum absolute atomic E-state index is 12.6. The molecule has 4 rings (SSSR count). The Balaban J connectivity index is 1.46. The second-order valence-corrected chi connectivity index (χ2v) is 8.23. The number of hydrogen-bond acceptors (Lipinski definition) is 5. The minimum absolute atomic E-state index is 0.173. The Kier molecular flexibility index (Phi) is 4.13. The number of carbonyl (C=O) groups excluding carboxylic acids is 1. The molecule has 0 bridgehead atoms. The van der Waals surface area contributed by atoms with Crippen LogP contribution in [0, 0.1) is 11.3 Å². The van der Waals surface area contributed by atoms with Crippen molar-refractivity contribution in [2.24, 2.45) is 11.3 Å². The van der Waals surface area contributed by atoms with Gasteiger partial charge in [-0.3, -0.25) is 4.79 Å². The highest BCUT2D eigenvalue weighted by atomic mass is 16.7. The van der Waals surface area contributed by atoms with Crippen molar-refractivity contribution in [3.8, 4) is 22.8 Å². The smallest absolute Gasteiger partial charge is 0.273 e. The van der Waals surface area contributed by atoms with Gasteiger partial charge in [0.1, 0.15) is 0 Å². The van der Waals surface area contributed by atoms with Crippen LogP contribution in [-0.4, -0.2) is 23.9 Å². The lowest BCUT2D eigenvalue weighted by molar-refractivity contribution is 0.0865. The number of amides is 1. The highest BCUT2D eigenvalue weighted by molar-refractivity contribution is 5.93. The molecule has 1 aromatic heterocycles. The second kappa shape index (κ2) is 6.34.